The molecular weight excluding hydrogens is 216 g/mol. The van der Waals surface area contributed by atoms with E-state index in [1.165, 1.54) is 0 Å². The predicted octanol–water partition coefficient (Wildman–Crippen LogP) is 3.91. The minimum atomic E-state index is -2.21. The predicted molar refractivity (Wildman–Crippen MR) is 72.6 cm³/mol. The maximum absolute atomic E-state index is 6.05. The first-order valence-corrected chi connectivity index (χ1v) is 8.22. The monoisotopic (exact) mass is 244 g/mol. The SMILES string of the molecule is C=C[Si](OCC(C)C)(OCC(C)C)C(C)C. The van der Waals surface area contributed by atoms with Crippen LogP contribution in [0.15, 0.2) is 12.3 Å². The van der Waals surface area contributed by atoms with E-state index in [1.54, 1.807) is 0 Å². The van der Waals surface area contributed by atoms with Crippen molar-refractivity contribution in [1.29, 1.82) is 0 Å². The second-order valence-corrected chi connectivity index (χ2v) is 9.07. The summed E-state index contributed by atoms with van der Waals surface area (Å²) in [5, 5.41) is 0. The summed E-state index contributed by atoms with van der Waals surface area (Å²) in [6.45, 7) is 18.4. The van der Waals surface area contributed by atoms with Crippen molar-refractivity contribution in [1.82, 2.24) is 0 Å². The molecule has 3 heteroatoms. The molecule has 0 aliphatic carbocycles. The van der Waals surface area contributed by atoms with E-state index in [2.05, 4.69) is 48.1 Å². The van der Waals surface area contributed by atoms with Crippen LogP contribution >= 0.6 is 0 Å². The second kappa shape index (κ2) is 7.25. The summed E-state index contributed by atoms with van der Waals surface area (Å²) in [4.78, 5) is 0. The molecule has 0 heterocycles. The molecule has 2 nitrogen and oxygen atoms in total. The lowest BCUT2D eigenvalue weighted by Gasteiger charge is -2.32. The first-order chi connectivity index (χ1) is 7.34. The zero-order valence-corrected chi connectivity index (χ0v) is 12.7. The van der Waals surface area contributed by atoms with Crippen molar-refractivity contribution in [3.63, 3.8) is 0 Å². The number of rotatable bonds is 8. The fraction of sp³-hybridized carbons (Fsp3) is 0.846. The topological polar surface area (TPSA) is 18.5 Å². The molecule has 0 amide bonds. The zero-order valence-electron chi connectivity index (χ0n) is 11.7. The molecular formula is C13H28O2Si. The smallest absolute Gasteiger partial charge is 0.367 e. The maximum atomic E-state index is 6.05. The average Bonchev–Trinajstić information content (AvgIpc) is 2.17. The summed E-state index contributed by atoms with van der Waals surface area (Å²) in [6, 6.07) is 0. The van der Waals surface area contributed by atoms with E-state index in [0.717, 1.165) is 13.2 Å². The molecule has 0 radical (unpaired) electrons. The van der Waals surface area contributed by atoms with E-state index in [9.17, 15) is 0 Å². The van der Waals surface area contributed by atoms with Crippen LogP contribution in [0.3, 0.4) is 0 Å². The Morgan fingerprint density at radius 3 is 1.50 bits per heavy atom. The minimum Gasteiger partial charge on any atom is -0.391 e. The van der Waals surface area contributed by atoms with Gasteiger partial charge in [0.05, 0.1) is 0 Å². The van der Waals surface area contributed by atoms with Crippen LogP contribution in [0.5, 0.6) is 0 Å². The van der Waals surface area contributed by atoms with Gasteiger partial charge in [0, 0.05) is 18.8 Å². The molecule has 16 heavy (non-hydrogen) atoms. The van der Waals surface area contributed by atoms with Gasteiger partial charge in [0.1, 0.15) is 0 Å². The van der Waals surface area contributed by atoms with Crippen LogP contribution in [-0.2, 0) is 8.85 Å². The Morgan fingerprint density at radius 2 is 1.31 bits per heavy atom. The lowest BCUT2D eigenvalue weighted by atomic mass is 10.2. The van der Waals surface area contributed by atoms with Crippen molar-refractivity contribution in [2.45, 2.75) is 47.1 Å². The van der Waals surface area contributed by atoms with Crippen LogP contribution in [0.1, 0.15) is 41.5 Å². The average molecular weight is 244 g/mol. The lowest BCUT2D eigenvalue weighted by molar-refractivity contribution is 0.141. The summed E-state index contributed by atoms with van der Waals surface area (Å²) < 4.78 is 12.1. The van der Waals surface area contributed by atoms with E-state index in [-0.39, 0.29) is 0 Å². The Balaban J connectivity index is 4.51. The van der Waals surface area contributed by atoms with Gasteiger partial charge < -0.3 is 8.85 Å². The van der Waals surface area contributed by atoms with Crippen LogP contribution in [0, 0.1) is 11.8 Å². The number of hydrogen-bond acceptors (Lipinski definition) is 2. The molecule has 0 spiro atoms. The molecule has 0 aliphatic heterocycles. The fourth-order valence-corrected chi connectivity index (χ4v) is 3.97. The Labute approximate surface area is 102 Å². The summed E-state index contributed by atoms with van der Waals surface area (Å²) in [6.07, 6.45) is 0. The Kier molecular flexibility index (Phi) is 7.20. The van der Waals surface area contributed by atoms with Gasteiger partial charge in [-0.2, -0.15) is 0 Å². The summed E-state index contributed by atoms with van der Waals surface area (Å²) in [7, 11) is -2.21. The van der Waals surface area contributed by atoms with Gasteiger partial charge in [0.2, 0.25) is 0 Å². The summed E-state index contributed by atoms with van der Waals surface area (Å²) in [5.74, 6) is 1.07. The highest BCUT2D eigenvalue weighted by Gasteiger charge is 2.38. The molecule has 0 rings (SSSR count). The van der Waals surface area contributed by atoms with E-state index >= 15 is 0 Å². The van der Waals surface area contributed by atoms with Gasteiger partial charge in [-0.05, 0) is 17.5 Å². The number of hydrogen-bond donors (Lipinski definition) is 0. The third-order valence-electron chi connectivity index (χ3n) is 2.37. The molecule has 0 aliphatic rings. The zero-order chi connectivity index (χ0) is 12.8. The molecule has 0 unspecified atom stereocenters. The minimum absolute atomic E-state index is 0.405. The molecule has 0 fully saturated rings. The fourth-order valence-electron chi connectivity index (χ4n) is 1.32. The van der Waals surface area contributed by atoms with Gasteiger partial charge in [-0.3, -0.25) is 0 Å². The van der Waals surface area contributed by atoms with Gasteiger partial charge in [-0.25, -0.2) is 0 Å². The van der Waals surface area contributed by atoms with E-state index in [1.807, 2.05) is 5.70 Å². The van der Waals surface area contributed by atoms with Crippen molar-refractivity contribution in [2.24, 2.45) is 11.8 Å². The third-order valence-corrected chi connectivity index (χ3v) is 5.79. The van der Waals surface area contributed by atoms with Crippen LogP contribution in [-0.4, -0.2) is 21.8 Å². The highest BCUT2D eigenvalue weighted by Crippen LogP contribution is 2.25. The first-order valence-electron chi connectivity index (χ1n) is 6.25. The third kappa shape index (κ3) is 5.28. The largest absolute Gasteiger partial charge is 0.391 e. The van der Waals surface area contributed by atoms with E-state index < -0.39 is 8.56 Å². The van der Waals surface area contributed by atoms with Crippen molar-refractivity contribution >= 4 is 8.56 Å². The molecule has 0 saturated heterocycles. The quantitative estimate of drug-likeness (QED) is 0.603. The molecule has 0 aromatic heterocycles. The molecule has 0 aromatic rings. The maximum Gasteiger partial charge on any atom is 0.367 e. The Morgan fingerprint density at radius 1 is 0.938 bits per heavy atom. The van der Waals surface area contributed by atoms with Gasteiger partial charge in [-0.15, -0.1) is 6.58 Å². The van der Waals surface area contributed by atoms with E-state index in [0.29, 0.717) is 17.4 Å². The normalized spacial score (nSPS) is 12.8. The standard InChI is InChI=1S/C13H28O2Si/c1-8-16(13(6)7,14-9-11(2)3)15-10-12(4)5/h8,11-13H,1,9-10H2,2-7H3. The molecule has 0 atom stereocenters. The van der Waals surface area contributed by atoms with Gasteiger partial charge in [0.25, 0.3) is 0 Å². The highest BCUT2D eigenvalue weighted by molar-refractivity contribution is 6.73. The van der Waals surface area contributed by atoms with Crippen LogP contribution in [0.2, 0.25) is 5.54 Å². The van der Waals surface area contributed by atoms with Crippen LogP contribution in [0.25, 0.3) is 0 Å². The lowest BCUT2D eigenvalue weighted by Crippen LogP contribution is -2.45. The van der Waals surface area contributed by atoms with Crippen molar-refractivity contribution in [2.75, 3.05) is 13.2 Å². The van der Waals surface area contributed by atoms with Gasteiger partial charge >= 0.3 is 8.56 Å². The molecule has 96 valence electrons. The highest BCUT2D eigenvalue weighted by atomic mass is 28.4. The van der Waals surface area contributed by atoms with Crippen LogP contribution < -0.4 is 0 Å². The van der Waals surface area contributed by atoms with Crippen molar-refractivity contribution in [3.05, 3.63) is 12.3 Å². The Hall–Kier alpha value is -0.123. The van der Waals surface area contributed by atoms with Gasteiger partial charge in [0.15, 0.2) is 0 Å². The van der Waals surface area contributed by atoms with Crippen LogP contribution in [0.4, 0.5) is 0 Å². The van der Waals surface area contributed by atoms with Crippen molar-refractivity contribution in [3.8, 4) is 0 Å². The Bertz CT molecular complexity index is 188. The first kappa shape index (κ1) is 15.9. The molecule has 0 N–H and O–H groups in total. The van der Waals surface area contributed by atoms with Gasteiger partial charge in [-0.1, -0.05) is 41.5 Å². The summed E-state index contributed by atoms with van der Waals surface area (Å²) in [5.41, 5.74) is 2.34. The summed E-state index contributed by atoms with van der Waals surface area (Å²) >= 11 is 0. The van der Waals surface area contributed by atoms with Crippen molar-refractivity contribution < 1.29 is 8.85 Å². The molecule has 0 aromatic carbocycles. The second-order valence-electron chi connectivity index (χ2n) is 5.49. The molecule has 0 bridgehead atoms. The van der Waals surface area contributed by atoms with E-state index in [4.69, 9.17) is 8.85 Å². The molecule has 0 saturated carbocycles.